The molecular formula is C26H26N5O+. The van der Waals surface area contributed by atoms with Crippen LogP contribution in [0.1, 0.15) is 24.8 Å². The second-order valence-electron chi connectivity index (χ2n) is 8.61. The molecule has 1 fully saturated rings. The zero-order valence-corrected chi connectivity index (χ0v) is 18.4. The van der Waals surface area contributed by atoms with Crippen molar-refractivity contribution in [2.45, 2.75) is 19.3 Å². The molecule has 0 radical (unpaired) electrons. The molecule has 1 aliphatic heterocycles. The molecule has 0 saturated heterocycles. The molecule has 4 atom stereocenters. The number of hydrogen-bond acceptors (Lipinski definition) is 5. The van der Waals surface area contributed by atoms with Gasteiger partial charge in [-0.1, -0.05) is 37.3 Å². The van der Waals surface area contributed by atoms with Crippen LogP contribution in [0.25, 0.3) is 10.8 Å². The maximum atomic E-state index is 10.4. The van der Waals surface area contributed by atoms with Crippen molar-refractivity contribution in [2.24, 2.45) is 17.3 Å². The van der Waals surface area contributed by atoms with E-state index < -0.39 is 17.3 Å². The van der Waals surface area contributed by atoms with Gasteiger partial charge in [0.15, 0.2) is 5.41 Å². The zero-order valence-electron chi connectivity index (χ0n) is 18.4. The quantitative estimate of drug-likeness (QED) is 0.735. The highest BCUT2D eigenvalue weighted by molar-refractivity contribution is 6.02. The highest BCUT2D eigenvalue weighted by Crippen LogP contribution is 2.55. The molecular weight excluding hydrogens is 398 g/mol. The lowest BCUT2D eigenvalue weighted by Gasteiger charge is -2.46. The first kappa shape index (κ1) is 21.6. The van der Waals surface area contributed by atoms with E-state index in [1.54, 1.807) is 7.11 Å². The van der Waals surface area contributed by atoms with Gasteiger partial charge < -0.3 is 15.0 Å². The van der Waals surface area contributed by atoms with Crippen molar-refractivity contribution in [1.82, 2.24) is 0 Å². The van der Waals surface area contributed by atoms with Gasteiger partial charge in [0.1, 0.15) is 11.7 Å². The number of fused-ring (bicyclic) bond motifs is 2. The summed E-state index contributed by atoms with van der Waals surface area (Å²) in [7, 11) is 1.59. The normalized spacial score (nSPS) is 26.2. The molecule has 0 aromatic heterocycles. The van der Waals surface area contributed by atoms with Crippen LogP contribution in [0.4, 0.5) is 0 Å². The molecule has 0 amide bonds. The first-order valence-electron chi connectivity index (χ1n) is 11.0. The first-order valence-corrected chi connectivity index (χ1v) is 11.0. The number of nitrogens with zero attached hydrogens (tertiary/aromatic N) is 3. The summed E-state index contributed by atoms with van der Waals surface area (Å²) in [6, 6.07) is 18.3. The standard InChI is InChI=1S/C26H25N5O/c1-3-11-31-12-10-19-20(13-27)25(30)26(15-28,16-29)24(21(19)14-31)23-18-7-5-4-6-17(18)8-9-22(23)32-2/h4-10,20-21,24,30H,3,11-12,14H2,1-2H3/p+1/t20?,21-,24-/m1/s1. The fraction of sp³-hybridized carbons (Fsp3) is 0.385. The van der Waals surface area contributed by atoms with E-state index in [-0.39, 0.29) is 11.6 Å². The molecule has 32 heavy (non-hydrogen) atoms. The predicted molar refractivity (Wildman–Crippen MR) is 121 cm³/mol. The SMILES string of the molecule is CCC[NH+]1CC=C2C(C#N)C(=N)C(C#N)(C#N)[C@@H](c3c(OC)ccc4ccccc34)[C@@H]2C1. The number of quaternary nitrogens is 1. The van der Waals surface area contributed by atoms with Gasteiger partial charge in [0, 0.05) is 17.4 Å². The topological polar surface area (TPSA) is 109 Å². The number of rotatable bonds is 4. The average Bonchev–Trinajstić information content (AvgIpc) is 2.83. The third-order valence-electron chi connectivity index (χ3n) is 7.03. The number of hydrogen-bond donors (Lipinski definition) is 2. The van der Waals surface area contributed by atoms with E-state index in [1.165, 1.54) is 4.90 Å². The third-order valence-corrected chi connectivity index (χ3v) is 7.03. The minimum atomic E-state index is -1.74. The molecule has 1 saturated carbocycles. The Morgan fingerprint density at radius 3 is 2.56 bits per heavy atom. The Labute approximate surface area is 188 Å². The van der Waals surface area contributed by atoms with Crippen LogP contribution in [0.2, 0.25) is 0 Å². The molecule has 2 unspecified atom stereocenters. The van der Waals surface area contributed by atoms with Crippen molar-refractivity contribution < 1.29 is 9.64 Å². The van der Waals surface area contributed by atoms with E-state index in [0.29, 0.717) is 12.3 Å². The molecule has 2 aromatic rings. The molecule has 160 valence electrons. The number of nitriles is 3. The molecule has 6 heteroatoms. The van der Waals surface area contributed by atoms with E-state index in [4.69, 9.17) is 10.1 Å². The van der Waals surface area contributed by atoms with Gasteiger partial charge in [-0.05, 0) is 34.9 Å². The number of nitrogens with one attached hydrogen (secondary N) is 2. The molecule has 2 aromatic carbocycles. The van der Waals surface area contributed by atoms with Gasteiger partial charge >= 0.3 is 0 Å². The maximum Gasteiger partial charge on any atom is 0.190 e. The van der Waals surface area contributed by atoms with Crippen LogP contribution in [0, 0.1) is 56.7 Å². The van der Waals surface area contributed by atoms with Gasteiger partial charge in [-0.3, -0.25) is 0 Å². The van der Waals surface area contributed by atoms with Crippen molar-refractivity contribution in [2.75, 3.05) is 26.7 Å². The van der Waals surface area contributed by atoms with E-state index in [9.17, 15) is 15.8 Å². The molecule has 6 nitrogen and oxygen atoms in total. The number of ether oxygens (including phenoxy) is 1. The lowest BCUT2D eigenvalue weighted by atomic mass is 9.54. The smallest absolute Gasteiger partial charge is 0.190 e. The Morgan fingerprint density at radius 1 is 1.16 bits per heavy atom. The van der Waals surface area contributed by atoms with Gasteiger partial charge in [-0.2, -0.15) is 15.8 Å². The van der Waals surface area contributed by atoms with Crippen LogP contribution in [0.3, 0.4) is 0 Å². The fourth-order valence-electron chi connectivity index (χ4n) is 5.61. The van der Waals surface area contributed by atoms with Crippen molar-refractivity contribution >= 4 is 16.5 Å². The van der Waals surface area contributed by atoms with Crippen LogP contribution in [0.15, 0.2) is 48.0 Å². The Bertz CT molecular complexity index is 1210. The summed E-state index contributed by atoms with van der Waals surface area (Å²) in [6.07, 6.45) is 3.09. The van der Waals surface area contributed by atoms with E-state index in [0.717, 1.165) is 41.4 Å². The highest BCUT2D eigenvalue weighted by atomic mass is 16.5. The Morgan fingerprint density at radius 2 is 1.91 bits per heavy atom. The molecule has 2 N–H and O–H groups in total. The summed E-state index contributed by atoms with van der Waals surface area (Å²) >= 11 is 0. The molecule has 0 spiro atoms. The van der Waals surface area contributed by atoms with Gasteiger partial charge in [0.05, 0.1) is 50.7 Å². The fourth-order valence-corrected chi connectivity index (χ4v) is 5.61. The second-order valence-corrected chi connectivity index (χ2v) is 8.61. The minimum Gasteiger partial charge on any atom is -0.496 e. The average molecular weight is 425 g/mol. The van der Waals surface area contributed by atoms with E-state index in [2.05, 4.69) is 31.2 Å². The third kappa shape index (κ3) is 3.06. The van der Waals surface area contributed by atoms with E-state index >= 15 is 0 Å². The Hall–Kier alpha value is -3.66. The molecule has 2 aliphatic rings. The largest absolute Gasteiger partial charge is 0.496 e. The van der Waals surface area contributed by atoms with Gasteiger partial charge in [-0.15, -0.1) is 0 Å². The number of benzene rings is 2. The second kappa shape index (κ2) is 8.46. The molecule has 1 aliphatic carbocycles. The summed E-state index contributed by atoms with van der Waals surface area (Å²) < 4.78 is 5.75. The number of methoxy groups -OCH3 is 1. The zero-order chi connectivity index (χ0) is 22.9. The molecule has 0 bridgehead atoms. The summed E-state index contributed by atoms with van der Waals surface area (Å²) in [5.74, 6) is -1.05. The summed E-state index contributed by atoms with van der Waals surface area (Å²) in [6.45, 7) is 4.62. The van der Waals surface area contributed by atoms with Crippen molar-refractivity contribution in [3.05, 3.63) is 53.6 Å². The van der Waals surface area contributed by atoms with Crippen molar-refractivity contribution in [3.63, 3.8) is 0 Å². The first-order chi connectivity index (χ1) is 15.6. The van der Waals surface area contributed by atoms with Gasteiger partial charge in [-0.25, -0.2) is 0 Å². The summed E-state index contributed by atoms with van der Waals surface area (Å²) in [5, 5.41) is 41.4. The van der Waals surface area contributed by atoms with E-state index in [1.807, 2.05) is 36.4 Å². The van der Waals surface area contributed by atoms with Gasteiger partial charge in [0.25, 0.3) is 0 Å². The van der Waals surface area contributed by atoms with Crippen LogP contribution in [-0.2, 0) is 0 Å². The molecule has 4 rings (SSSR count). The Kier molecular flexibility index (Phi) is 5.70. The highest BCUT2D eigenvalue weighted by Gasteiger charge is 2.59. The van der Waals surface area contributed by atoms with Crippen LogP contribution in [-0.4, -0.2) is 32.5 Å². The minimum absolute atomic E-state index is 0.119. The van der Waals surface area contributed by atoms with Crippen LogP contribution in [0.5, 0.6) is 5.75 Å². The van der Waals surface area contributed by atoms with Crippen LogP contribution < -0.4 is 9.64 Å². The van der Waals surface area contributed by atoms with Crippen LogP contribution >= 0.6 is 0 Å². The van der Waals surface area contributed by atoms with Gasteiger partial charge in [0.2, 0.25) is 0 Å². The summed E-state index contributed by atoms with van der Waals surface area (Å²) in [5.41, 5.74) is -0.206. The Balaban J connectivity index is 2.06. The lowest BCUT2D eigenvalue weighted by Crippen LogP contribution is -3.13. The molecule has 1 heterocycles. The maximum absolute atomic E-state index is 10.4. The summed E-state index contributed by atoms with van der Waals surface area (Å²) in [4.78, 5) is 1.36. The van der Waals surface area contributed by atoms with Crippen molar-refractivity contribution in [1.29, 1.82) is 21.2 Å². The predicted octanol–water partition coefficient (Wildman–Crippen LogP) is 2.99. The lowest BCUT2D eigenvalue weighted by molar-refractivity contribution is -0.899. The van der Waals surface area contributed by atoms with Crippen molar-refractivity contribution in [3.8, 4) is 24.0 Å². The monoisotopic (exact) mass is 424 g/mol.